The minimum absolute atomic E-state index is 0.134. The Hall–Kier alpha value is -1.90. The molecule has 0 amide bonds. The van der Waals surface area contributed by atoms with Crippen LogP contribution in [0.15, 0.2) is 34.5 Å². The van der Waals surface area contributed by atoms with E-state index in [0.717, 1.165) is 28.6 Å². The molecule has 0 bridgehead atoms. The average molecular weight is 327 g/mol. The molecule has 112 valence electrons. The summed E-state index contributed by atoms with van der Waals surface area (Å²) in [5.41, 5.74) is 0.532. The molecule has 0 aliphatic rings. The molecule has 21 heavy (non-hydrogen) atoms. The molecule has 0 atom stereocenters. The molecule has 0 unspecified atom stereocenters. The summed E-state index contributed by atoms with van der Waals surface area (Å²) in [6, 6.07) is 5.03. The molecule has 0 fully saturated rings. The van der Waals surface area contributed by atoms with E-state index in [0.29, 0.717) is 0 Å². The molecule has 1 aromatic carbocycles. The first-order valence-electron chi connectivity index (χ1n) is 5.90. The van der Waals surface area contributed by atoms with Crippen molar-refractivity contribution in [3.63, 3.8) is 0 Å². The van der Waals surface area contributed by atoms with Gasteiger partial charge in [-0.25, -0.2) is 17.9 Å². The molecule has 0 saturated carbocycles. The molecule has 0 spiro atoms. The molecular weight excluding hydrogens is 314 g/mol. The maximum absolute atomic E-state index is 12.1. The lowest BCUT2D eigenvalue weighted by molar-refractivity contribution is 0.0693. The van der Waals surface area contributed by atoms with Gasteiger partial charge in [0.25, 0.3) is 0 Å². The lowest BCUT2D eigenvalue weighted by Crippen LogP contribution is -2.23. The van der Waals surface area contributed by atoms with Crippen molar-refractivity contribution >= 4 is 27.3 Å². The third-order valence-corrected chi connectivity index (χ3v) is 5.32. The Balaban J connectivity index is 2.26. The van der Waals surface area contributed by atoms with Gasteiger partial charge in [-0.15, -0.1) is 11.3 Å². The molecule has 1 aromatic heterocycles. The number of aromatic carboxylic acids is 1. The van der Waals surface area contributed by atoms with Crippen LogP contribution in [0.25, 0.3) is 0 Å². The lowest BCUT2D eigenvalue weighted by Gasteiger charge is -2.08. The second kappa shape index (κ2) is 5.84. The highest BCUT2D eigenvalue weighted by molar-refractivity contribution is 7.89. The van der Waals surface area contributed by atoms with E-state index in [4.69, 9.17) is 5.11 Å². The van der Waals surface area contributed by atoms with Crippen molar-refractivity contribution in [2.75, 3.05) is 0 Å². The second-order valence-corrected chi connectivity index (χ2v) is 7.10. The molecular formula is C13H13NO5S2. The number of hydrogen-bond donors (Lipinski definition) is 3. The molecule has 3 N–H and O–H groups in total. The molecule has 2 rings (SSSR count). The summed E-state index contributed by atoms with van der Waals surface area (Å²) in [6.07, 6.45) is 0. The summed E-state index contributed by atoms with van der Waals surface area (Å²) in [6.45, 7) is 2.01. The number of aryl methyl sites for hydroxylation is 1. The van der Waals surface area contributed by atoms with E-state index in [2.05, 4.69) is 4.72 Å². The van der Waals surface area contributed by atoms with Gasteiger partial charge in [0, 0.05) is 11.4 Å². The Bertz CT molecular complexity index is 780. The molecule has 8 heteroatoms. The number of benzene rings is 1. The van der Waals surface area contributed by atoms with Gasteiger partial charge in [0.1, 0.15) is 11.3 Å². The normalized spacial score (nSPS) is 11.5. The van der Waals surface area contributed by atoms with Crippen LogP contribution in [-0.4, -0.2) is 24.6 Å². The van der Waals surface area contributed by atoms with Gasteiger partial charge in [-0.2, -0.15) is 0 Å². The van der Waals surface area contributed by atoms with Gasteiger partial charge in [0.15, 0.2) is 0 Å². The van der Waals surface area contributed by atoms with Gasteiger partial charge >= 0.3 is 5.97 Å². The molecule has 0 saturated heterocycles. The predicted octanol–water partition coefficient (Wildman–Crippen LogP) is 1.94. The summed E-state index contributed by atoms with van der Waals surface area (Å²) in [5.74, 6) is -1.87. The van der Waals surface area contributed by atoms with E-state index in [1.807, 2.05) is 18.4 Å². The van der Waals surface area contributed by atoms with E-state index in [-0.39, 0.29) is 11.4 Å². The van der Waals surface area contributed by atoms with Gasteiger partial charge in [-0.1, -0.05) is 0 Å². The summed E-state index contributed by atoms with van der Waals surface area (Å²) >= 11 is 1.43. The Morgan fingerprint density at radius 1 is 1.33 bits per heavy atom. The van der Waals surface area contributed by atoms with Gasteiger partial charge < -0.3 is 10.2 Å². The minimum atomic E-state index is -3.84. The van der Waals surface area contributed by atoms with E-state index >= 15 is 0 Å². The molecule has 0 aliphatic heterocycles. The van der Waals surface area contributed by atoms with Crippen LogP contribution in [-0.2, 0) is 16.6 Å². The van der Waals surface area contributed by atoms with E-state index in [1.54, 1.807) is 0 Å². The standard InChI is InChI=1S/C13H13NO5S2/c1-8-4-5-20-12(8)7-14-21(18,19)9-2-3-11(15)10(6-9)13(16)17/h2-6,14-15H,7H2,1H3,(H,16,17). The first-order chi connectivity index (χ1) is 9.81. The van der Waals surface area contributed by atoms with Gasteiger partial charge in [0.2, 0.25) is 10.0 Å². The van der Waals surface area contributed by atoms with Gasteiger partial charge in [-0.05, 0) is 42.1 Å². The summed E-state index contributed by atoms with van der Waals surface area (Å²) in [7, 11) is -3.84. The smallest absolute Gasteiger partial charge is 0.339 e. The van der Waals surface area contributed by atoms with Crippen LogP contribution in [0.4, 0.5) is 0 Å². The van der Waals surface area contributed by atoms with Crippen LogP contribution in [0.1, 0.15) is 20.8 Å². The van der Waals surface area contributed by atoms with Crippen LogP contribution in [0, 0.1) is 6.92 Å². The third-order valence-electron chi connectivity index (χ3n) is 2.90. The number of sulfonamides is 1. The lowest BCUT2D eigenvalue weighted by atomic mass is 10.2. The highest BCUT2D eigenvalue weighted by Gasteiger charge is 2.19. The van der Waals surface area contributed by atoms with Gasteiger partial charge in [-0.3, -0.25) is 0 Å². The number of nitrogens with one attached hydrogen (secondary N) is 1. The highest BCUT2D eigenvalue weighted by atomic mass is 32.2. The number of rotatable bonds is 5. The monoisotopic (exact) mass is 327 g/mol. The van der Waals surface area contributed by atoms with Gasteiger partial charge in [0.05, 0.1) is 4.90 Å². The molecule has 1 heterocycles. The molecule has 0 aliphatic carbocycles. The predicted molar refractivity (Wildman–Crippen MR) is 78.1 cm³/mol. The molecule has 2 aromatic rings. The summed E-state index contributed by atoms with van der Waals surface area (Å²) < 4.78 is 26.7. The third kappa shape index (κ3) is 3.41. The van der Waals surface area contributed by atoms with E-state index in [1.165, 1.54) is 11.3 Å². The topological polar surface area (TPSA) is 104 Å². The fourth-order valence-electron chi connectivity index (χ4n) is 1.68. The Labute approximate surface area is 125 Å². The van der Waals surface area contributed by atoms with Crippen LogP contribution in [0.5, 0.6) is 5.75 Å². The number of aromatic hydroxyl groups is 1. The zero-order valence-electron chi connectivity index (χ0n) is 11.0. The number of hydrogen-bond acceptors (Lipinski definition) is 5. The number of carboxylic acid groups (broad SMARTS) is 1. The fourth-order valence-corrected chi connectivity index (χ4v) is 3.64. The number of phenols is 1. The van der Waals surface area contributed by atoms with E-state index in [9.17, 15) is 18.3 Å². The van der Waals surface area contributed by atoms with Crippen LogP contribution >= 0.6 is 11.3 Å². The number of carboxylic acids is 1. The Morgan fingerprint density at radius 2 is 2.05 bits per heavy atom. The minimum Gasteiger partial charge on any atom is -0.507 e. The molecule has 0 radical (unpaired) electrons. The zero-order valence-corrected chi connectivity index (χ0v) is 12.7. The molecule has 6 nitrogen and oxygen atoms in total. The van der Waals surface area contributed by atoms with Crippen LogP contribution in [0.2, 0.25) is 0 Å². The zero-order chi connectivity index (χ0) is 15.6. The Kier molecular flexibility index (Phi) is 4.31. The maximum Gasteiger partial charge on any atom is 0.339 e. The quantitative estimate of drug-likeness (QED) is 0.778. The van der Waals surface area contributed by atoms with Crippen molar-refractivity contribution in [3.8, 4) is 5.75 Å². The first kappa shape index (κ1) is 15.5. The van der Waals surface area contributed by atoms with Crippen LogP contribution in [0.3, 0.4) is 0 Å². The van der Waals surface area contributed by atoms with Crippen molar-refractivity contribution in [3.05, 3.63) is 45.6 Å². The summed E-state index contributed by atoms with van der Waals surface area (Å²) in [4.78, 5) is 11.6. The SMILES string of the molecule is Cc1ccsc1CNS(=O)(=O)c1ccc(O)c(C(=O)O)c1. The highest BCUT2D eigenvalue weighted by Crippen LogP contribution is 2.22. The maximum atomic E-state index is 12.1. The van der Waals surface area contributed by atoms with Crippen molar-refractivity contribution in [2.45, 2.75) is 18.4 Å². The average Bonchev–Trinajstić information content (AvgIpc) is 2.82. The first-order valence-corrected chi connectivity index (χ1v) is 8.26. The number of thiophene rings is 1. The second-order valence-electron chi connectivity index (χ2n) is 4.34. The summed E-state index contributed by atoms with van der Waals surface area (Å²) in [5, 5.41) is 20.2. The van der Waals surface area contributed by atoms with Crippen molar-refractivity contribution in [1.82, 2.24) is 4.72 Å². The van der Waals surface area contributed by atoms with Crippen LogP contribution < -0.4 is 4.72 Å². The van der Waals surface area contributed by atoms with Crippen molar-refractivity contribution in [2.24, 2.45) is 0 Å². The van der Waals surface area contributed by atoms with Crippen molar-refractivity contribution < 1.29 is 23.4 Å². The Morgan fingerprint density at radius 3 is 2.62 bits per heavy atom. The van der Waals surface area contributed by atoms with E-state index < -0.39 is 27.3 Å². The largest absolute Gasteiger partial charge is 0.507 e. The van der Waals surface area contributed by atoms with Crippen molar-refractivity contribution in [1.29, 1.82) is 0 Å². The fraction of sp³-hybridized carbons (Fsp3) is 0.154. The number of carbonyl (C=O) groups is 1.